The van der Waals surface area contributed by atoms with Gasteiger partial charge < -0.3 is 0 Å². The molecule has 0 aliphatic heterocycles. The number of hydrogen-bond acceptors (Lipinski definition) is 2. The molecule has 0 bridgehead atoms. The van der Waals surface area contributed by atoms with Crippen LogP contribution in [0.3, 0.4) is 0 Å². The summed E-state index contributed by atoms with van der Waals surface area (Å²) in [6.07, 6.45) is 1.66. The van der Waals surface area contributed by atoms with Crippen molar-refractivity contribution in [3.05, 3.63) is 81.4 Å². The highest BCUT2D eigenvalue weighted by Crippen LogP contribution is 2.18. The van der Waals surface area contributed by atoms with Crippen molar-refractivity contribution in [3.8, 4) is 0 Å². The second kappa shape index (κ2) is 6.70. The summed E-state index contributed by atoms with van der Waals surface area (Å²) in [5.41, 5.74) is 4.19. The van der Waals surface area contributed by atoms with Crippen LogP contribution in [-0.2, 0) is 0 Å². The Bertz CT molecular complexity index is 853. The number of hydrazone groups is 1. The van der Waals surface area contributed by atoms with Crippen LogP contribution in [-0.4, -0.2) is 12.1 Å². The third-order valence-electron chi connectivity index (χ3n) is 3.31. The van der Waals surface area contributed by atoms with Gasteiger partial charge in [0.25, 0.3) is 5.91 Å². The number of fused-ring (bicyclic) bond motifs is 1. The normalized spacial score (nSPS) is 11.0. The molecular weight excluding hydrogens is 387 g/mol. The number of hydrogen-bond donors (Lipinski definition) is 1. The van der Waals surface area contributed by atoms with E-state index in [0.717, 1.165) is 19.9 Å². The molecule has 0 saturated carbocycles. The lowest BCUT2D eigenvalue weighted by Gasteiger charge is -2.04. The molecule has 0 fully saturated rings. The number of carbonyl (C=O) groups is 1. The molecule has 3 nitrogen and oxygen atoms in total. The van der Waals surface area contributed by atoms with Crippen molar-refractivity contribution in [2.75, 3.05) is 0 Å². The van der Waals surface area contributed by atoms with Crippen molar-refractivity contribution in [1.82, 2.24) is 5.43 Å². The molecule has 3 aromatic carbocycles. The number of benzene rings is 3. The van der Waals surface area contributed by atoms with Gasteiger partial charge in [0.15, 0.2) is 0 Å². The predicted octanol–water partition coefficient (Wildman–Crippen LogP) is 4.21. The van der Waals surface area contributed by atoms with Gasteiger partial charge in [0.2, 0.25) is 0 Å². The molecule has 0 unspecified atom stereocenters. The van der Waals surface area contributed by atoms with E-state index in [9.17, 15) is 4.79 Å². The molecule has 0 atom stereocenters. The van der Waals surface area contributed by atoms with Gasteiger partial charge in [-0.3, -0.25) is 4.79 Å². The molecule has 108 valence electrons. The average Bonchev–Trinajstić information content (AvgIpc) is 2.56. The van der Waals surface area contributed by atoms with E-state index >= 15 is 0 Å². The molecule has 3 aromatic rings. The number of nitrogens with zero attached hydrogens (tertiary/aromatic N) is 1. The van der Waals surface area contributed by atoms with Crippen molar-refractivity contribution in [2.45, 2.75) is 0 Å². The van der Waals surface area contributed by atoms with E-state index in [-0.39, 0.29) is 5.91 Å². The number of amides is 1. The summed E-state index contributed by atoms with van der Waals surface area (Å²) < 4.78 is 1.09. The summed E-state index contributed by atoms with van der Waals surface area (Å²) in [6, 6.07) is 21.3. The molecule has 0 heterocycles. The Morgan fingerprint density at radius 2 is 1.68 bits per heavy atom. The lowest BCUT2D eigenvalue weighted by atomic mass is 10.0. The standard InChI is InChI=1S/C18H13IN2O/c19-17-11-4-2-7-14(17)12-20-21-18(22)16-10-5-8-13-6-1-3-9-15(13)16/h1-12H,(H,21,22)/b20-12-. The number of carbonyl (C=O) groups excluding carboxylic acids is 1. The summed E-state index contributed by atoms with van der Waals surface area (Å²) in [5.74, 6) is -0.209. The molecule has 0 saturated heterocycles. The maximum absolute atomic E-state index is 12.3. The van der Waals surface area contributed by atoms with Gasteiger partial charge in [-0.2, -0.15) is 5.10 Å². The molecule has 4 heteroatoms. The highest BCUT2D eigenvalue weighted by atomic mass is 127. The van der Waals surface area contributed by atoms with Gasteiger partial charge in [0, 0.05) is 14.7 Å². The minimum atomic E-state index is -0.209. The van der Waals surface area contributed by atoms with E-state index in [4.69, 9.17) is 0 Å². The van der Waals surface area contributed by atoms with Crippen LogP contribution in [0.15, 0.2) is 71.8 Å². The zero-order valence-electron chi connectivity index (χ0n) is 11.7. The summed E-state index contributed by atoms with van der Waals surface area (Å²) in [4.78, 5) is 12.3. The van der Waals surface area contributed by atoms with Crippen molar-refractivity contribution >= 4 is 45.5 Å². The van der Waals surface area contributed by atoms with E-state index < -0.39 is 0 Å². The van der Waals surface area contributed by atoms with E-state index in [1.165, 1.54) is 0 Å². The largest absolute Gasteiger partial charge is 0.271 e. The van der Waals surface area contributed by atoms with Crippen molar-refractivity contribution < 1.29 is 4.79 Å². The Labute approximate surface area is 142 Å². The first-order valence-electron chi connectivity index (χ1n) is 6.81. The second-order valence-electron chi connectivity index (χ2n) is 4.75. The van der Waals surface area contributed by atoms with Crippen molar-refractivity contribution in [3.63, 3.8) is 0 Å². The van der Waals surface area contributed by atoms with Crippen LogP contribution in [0.4, 0.5) is 0 Å². The molecule has 1 amide bonds. The Hall–Kier alpha value is -2.21. The third kappa shape index (κ3) is 3.17. The highest BCUT2D eigenvalue weighted by Gasteiger charge is 2.08. The van der Waals surface area contributed by atoms with Crippen LogP contribution in [0, 0.1) is 3.57 Å². The molecule has 0 spiro atoms. The molecular formula is C18H13IN2O. The minimum Gasteiger partial charge on any atom is -0.267 e. The van der Waals surface area contributed by atoms with Crippen LogP contribution in [0.25, 0.3) is 10.8 Å². The number of nitrogens with one attached hydrogen (secondary N) is 1. The molecule has 0 aliphatic carbocycles. The van der Waals surface area contributed by atoms with Crippen LogP contribution < -0.4 is 5.43 Å². The predicted molar refractivity (Wildman–Crippen MR) is 98.2 cm³/mol. The topological polar surface area (TPSA) is 41.5 Å². The lowest BCUT2D eigenvalue weighted by molar-refractivity contribution is 0.0957. The van der Waals surface area contributed by atoms with Crippen molar-refractivity contribution in [2.24, 2.45) is 5.10 Å². The van der Waals surface area contributed by atoms with Crippen LogP contribution in [0.2, 0.25) is 0 Å². The van der Waals surface area contributed by atoms with Gasteiger partial charge in [0.1, 0.15) is 0 Å². The van der Waals surface area contributed by atoms with Gasteiger partial charge in [-0.1, -0.05) is 54.6 Å². The first kappa shape index (κ1) is 14.7. The first-order chi connectivity index (χ1) is 10.8. The molecule has 1 N–H and O–H groups in total. The first-order valence-corrected chi connectivity index (χ1v) is 7.89. The van der Waals surface area contributed by atoms with Crippen LogP contribution >= 0.6 is 22.6 Å². The van der Waals surface area contributed by atoms with Gasteiger partial charge in [-0.25, -0.2) is 5.43 Å². The van der Waals surface area contributed by atoms with Crippen LogP contribution in [0.5, 0.6) is 0 Å². The van der Waals surface area contributed by atoms with Crippen molar-refractivity contribution in [1.29, 1.82) is 0 Å². The summed E-state index contributed by atoms with van der Waals surface area (Å²) in [5, 5.41) is 6.02. The van der Waals surface area contributed by atoms with Gasteiger partial charge in [-0.05, 0) is 45.5 Å². The number of rotatable bonds is 3. The van der Waals surface area contributed by atoms with Gasteiger partial charge in [-0.15, -0.1) is 0 Å². The Morgan fingerprint density at radius 1 is 0.955 bits per heavy atom. The molecule has 0 aliphatic rings. The second-order valence-corrected chi connectivity index (χ2v) is 5.91. The molecule has 22 heavy (non-hydrogen) atoms. The van der Waals surface area contributed by atoms with E-state index in [1.807, 2.05) is 60.7 Å². The Morgan fingerprint density at radius 3 is 2.55 bits per heavy atom. The Kier molecular flexibility index (Phi) is 4.48. The third-order valence-corrected chi connectivity index (χ3v) is 4.29. The molecule has 3 rings (SSSR count). The lowest BCUT2D eigenvalue weighted by Crippen LogP contribution is -2.18. The van der Waals surface area contributed by atoms with Gasteiger partial charge in [0.05, 0.1) is 6.21 Å². The SMILES string of the molecule is O=C(N/N=C\c1ccccc1I)c1cccc2ccccc12. The monoisotopic (exact) mass is 400 g/mol. The summed E-state index contributed by atoms with van der Waals surface area (Å²) in [7, 11) is 0. The van der Waals surface area contributed by atoms with E-state index in [1.54, 1.807) is 12.3 Å². The maximum Gasteiger partial charge on any atom is 0.271 e. The quantitative estimate of drug-likeness (QED) is 0.400. The molecule has 0 aromatic heterocycles. The van der Waals surface area contributed by atoms with E-state index in [2.05, 4.69) is 33.1 Å². The fourth-order valence-corrected chi connectivity index (χ4v) is 2.75. The fraction of sp³-hybridized carbons (Fsp3) is 0. The smallest absolute Gasteiger partial charge is 0.267 e. The zero-order chi connectivity index (χ0) is 15.4. The minimum absolute atomic E-state index is 0.209. The molecule has 0 radical (unpaired) electrons. The maximum atomic E-state index is 12.3. The van der Waals surface area contributed by atoms with Crippen LogP contribution in [0.1, 0.15) is 15.9 Å². The average molecular weight is 400 g/mol. The zero-order valence-corrected chi connectivity index (χ0v) is 13.8. The number of halogens is 1. The van der Waals surface area contributed by atoms with E-state index in [0.29, 0.717) is 5.56 Å². The van der Waals surface area contributed by atoms with Gasteiger partial charge >= 0.3 is 0 Å². The summed E-state index contributed by atoms with van der Waals surface area (Å²) >= 11 is 2.24. The highest BCUT2D eigenvalue weighted by molar-refractivity contribution is 14.1. The summed E-state index contributed by atoms with van der Waals surface area (Å²) in [6.45, 7) is 0. The fourth-order valence-electron chi connectivity index (χ4n) is 2.22. The Balaban J connectivity index is 1.81.